The molecule has 2 N–H and O–H groups in total. The molecule has 0 bridgehead atoms. The maximum absolute atomic E-state index is 14.0. The lowest BCUT2D eigenvalue weighted by Gasteiger charge is -2.20. The van der Waals surface area contributed by atoms with Crippen LogP contribution in [0.5, 0.6) is 0 Å². The molecule has 0 unspecified atom stereocenters. The molecule has 0 aliphatic carbocycles. The second kappa shape index (κ2) is 13.7. The van der Waals surface area contributed by atoms with E-state index in [-0.39, 0.29) is 26.1 Å². The number of hydrogen-bond acceptors (Lipinski definition) is 9. The average Bonchev–Trinajstić information content (AvgIpc) is 3.42. The molecule has 1 aliphatic rings. The zero-order valence-corrected chi connectivity index (χ0v) is 25.4. The molecule has 3 aromatic rings. The molecule has 0 atom stereocenters. The zero-order valence-electron chi connectivity index (χ0n) is 22.1. The SMILES string of the molecule is CC(C=Cc1sc2ccc(F)cc2[n+]1CCCOS(=O)(=O)O)=CC=C1Sc2ccc(F)cc2N1CCCOS(=O)(=O)O. The smallest absolute Gasteiger partial charge is 0.335 e. The first-order valence-corrected chi connectivity index (χ1v) is 16.8. The normalized spacial score (nSPS) is 15.4. The van der Waals surface area contributed by atoms with Gasteiger partial charge in [-0.25, -0.2) is 17.1 Å². The molecule has 0 fully saturated rings. The molecule has 0 saturated heterocycles. The molecule has 16 heteroatoms. The maximum Gasteiger partial charge on any atom is 0.397 e. The molecule has 2 heterocycles. The van der Waals surface area contributed by atoms with Crippen LogP contribution in [0.25, 0.3) is 16.3 Å². The van der Waals surface area contributed by atoms with Crippen molar-refractivity contribution in [1.82, 2.24) is 0 Å². The van der Waals surface area contributed by atoms with E-state index in [1.54, 1.807) is 12.1 Å². The predicted molar refractivity (Wildman–Crippen MR) is 157 cm³/mol. The fourth-order valence-electron chi connectivity index (χ4n) is 4.09. The van der Waals surface area contributed by atoms with Gasteiger partial charge in [0, 0.05) is 30.0 Å². The van der Waals surface area contributed by atoms with Crippen LogP contribution in [-0.4, -0.2) is 45.7 Å². The van der Waals surface area contributed by atoms with E-state index in [2.05, 4.69) is 8.37 Å². The minimum atomic E-state index is -4.55. The fourth-order valence-corrected chi connectivity index (χ4v) is 6.89. The Morgan fingerprint density at radius 3 is 2.38 bits per heavy atom. The van der Waals surface area contributed by atoms with Crippen LogP contribution in [0.3, 0.4) is 0 Å². The van der Waals surface area contributed by atoms with Crippen LogP contribution < -0.4 is 9.47 Å². The first-order valence-electron chi connectivity index (χ1n) is 12.5. The van der Waals surface area contributed by atoms with Crippen molar-refractivity contribution < 1.29 is 47.7 Å². The van der Waals surface area contributed by atoms with Crippen LogP contribution in [0.15, 0.2) is 70.1 Å². The van der Waals surface area contributed by atoms with Crippen molar-refractivity contribution in [1.29, 1.82) is 0 Å². The van der Waals surface area contributed by atoms with Crippen molar-refractivity contribution in [3.63, 3.8) is 0 Å². The molecule has 0 spiro atoms. The minimum absolute atomic E-state index is 0.240. The van der Waals surface area contributed by atoms with E-state index in [0.29, 0.717) is 24.3 Å². The van der Waals surface area contributed by atoms with Gasteiger partial charge in [-0.3, -0.25) is 9.11 Å². The average molecular weight is 662 g/mol. The summed E-state index contributed by atoms with van der Waals surface area (Å²) in [4.78, 5) is 2.67. The highest BCUT2D eigenvalue weighted by atomic mass is 32.3. The van der Waals surface area contributed by atoms with Crippen molar-refractivity contribution in [2.24, 2.45) is 0 Å². The summed E-state index contributed by atoms with van der Waals surface area (Å²) in [5.41, 5.74) is 2.12. The van der Waals surface area contributed by atoms with Crippen LogP contribution in [-0.2, 0) is 35.7 Å². The summed E-state index contributed by atoms with van der Waals surface area (Å²) in [6.45, 7) is 2.02. The van der Waals surface area contributed by atoms with Gasteiger partial charge in [0.05, 0.1) is 23.9 Å². The lowest BCUT2D eigenvalue weighted by atomic mass is 10.2. The molecule has 0 amide bonds. The summed E-state index contributed by atoms with van der Waals surface area (Å²) < 4.78 is 100. The van der Waals surface area contributed by atoms with Gasteiger partial charge in [0.25, 0.3) is 5.01 Å². The van der Waals surface area contributed by atoms with Crippen LogP contribution >= 0.6 is 23.1 Å². The largest absolute Gasteiger partial charge is 0.397 e. The van der Waals surface area contributed by atoms with Gasteiger partial charge in [0.2, 0.25) is 5.52 Å². The second-order valence-corrected chi connectivity index (χ2v) is 13.3. The third-order valence-electron chi connectivity index (χ3n) is 5.88. The van der Waals surface area contributed by atoms with Gasteiger partial charge in [0.15, 0.2) is 6.54 Å². The van der Waals surface area contributed by atoms with Gasteiger partial charge >= 0.3 is 20.8 Å². The third kappa shape index (κ3) is 9.15. The number of aromatic nitrogens is 1. The van der Waals surface area contributed by atoms with Crippen molar-refractivity contribution in [3.05, 3.63) is 81.9 Å². The highest BCUT2D eigenvalue weighted by Crippen LogP contribution is 2.46. The molecule has 0 saturated carbocycles. The van der Waals surface area contributed by atoms with E-state index in [4.69, 9.17) is 9.11 Å². The summed E-state index contributed by atoms with van der Waals surface area (Å²) in [6, 6.07) is 8.84. The van der Waals surface area contributed by atoms with Gasteiger partial charge in [-0.05, 0) is 49.8 Å². The number of hydrogen-bond donors (Lipinski definition) is 2. The van der Waals surface area contributed by atoms with E-state index in [1.807, 2.05) is 40.7 Å². The molecule has 10 nitrogen and oxygen atoms in total. The van der Waals surface area contributed by atoms with Crippen molar-refractivity contribution in [3.8, 4) is 0 Å². The Bertz CT molecular complexity index is 1770. The molecule has 226 valence electrons. The summed E-state index contributed by atoms with van der Waals surface area (Å²) in [5, 5.41) is 1.56. The van der Waals surface area contributed by atoms with E-state index in [0.717, 1.165) is 25.2 Å². The van der Waals surface area contributed by atoms with Crippen molar-refractivity contribution in [2.45, 2.75) is 31.2 Å². The number of nitrogens with zero attached hydrogens (tertiary/aromatic N) is 2. The Kier molecular flexibility index (Phi) is 10.5. The first-order chi connectivity index (χ1) is 19.8. The number of fused-ring (bicyclic) bond motifs is 2. The fraction of sp³-hybridized carbons (Fsp3) is 0.269. The van der Waals surface area contributed by atoms with E-state index in [9.17, 15) is 25.6 Å². The Balaban J connectivity index is 1.53. The number of anilines is 1. The van der Waals surface area contributed by atoms with Crippen LogP contribution in [0.4, 0.5) is 14.5 Å². The number of halogens is 2. The molecule has 4 rings (SSSR count). The summed E-state index contributed by atoms with van der Waals surface area (Å²) >= 11 is 2.85. The van der Waals surface area contributed by atoms with Gasteiger partial charge in [-0.15, -0.1) is 0 Å². The molecule has 42 heavy (non-hydrogen) atoms. The monoisotopic (exact) mass is 661 g/mol. The Labute approximate surface area is 250 Å². The zero-order chi connectivity index (χ0) is 30.5. The van der Waals surface area contributed by atoms with Crippen LogP contribution in [0, 0.1) is 11.6 Å². The Morgan fingerprint density at radius 2 is 1.67 bits per heavy atom. The van der Waals surface area contributed by atoms with Gasteiger partial charge in [-0.2, -0.15) is 21.4 Å². The number of rotatable bonds is 13. The van der Waals surface area contributed by atoms with E-state index < -0.39 is 32.4 Å². The molecular formula is C26H27F2N2O8S4+. The number of aryl methyl sites for hydroxylation is 1. The standard InChI is InChI=1S/C26H26F2N2O8S4/c1-18(4-10-25-29(12-2-14-37-41(31,32)33)21-16-19(27)6-8-23(21)39-25)5-11-26-30(13-3-15-38-42(34,35)36)22-17-20(28)7-9-24(22)40-26/h4-11,16-17H,2-3,12-15H2,1H3,(H-,31,32,33,34,35,36)/p+1. The minimum Gasteiger partial charge on any atom is -0.335 e. The lowest BCUT2D eigenvalue weighted by Crippen LogP contribution is -2.35. The molecule has 0 radical (unpaired) electrons. The quantitative estimate of drug-likeness (QED) is 0.108. The van der Waals surface area contributed by atoms with Gasteiger partial charge in [-0.1, -0.05) is 40.8 Å². The van der Waals surface area contributed by atoms with E-state index in [1.165, 1.54) is 47.4 Å². The summed E-state index contributed by atoms with van der Waals surface area (Å²) in [5.74, 6) is -0.823. The second-order valence-electron chi connectivity index (χ2n) is 9.03. The highest BCUT2D eigenvalue weighted by molar-refractivity contribution is 8.03. The first kappa shape index (κ1) is 32.2. The number of thiazole rings is 1. The van der Waals surface area contributed by atoms with Crippen LogP contribution in [0.2, 0.25) is 0 Å². The Morgan fingerprint density at radius 1 is 1.00 bits per heavy atom. The summed E-state index contributed by atoms with van der Waals surface area (Å²) in [6.07, 6.45) is 7.93. The maximum atomic E-state index is 14.0. The van der Waals surface area contributed by atoms with E-state index >= 15 is 0 Å². The Hall–Kier alpha value is -2.70. The highest BCUT2D eigenvalue weighted by Gasteiger charge is 2.25. The number of benzene rings is 2. The van der Waals surface area contributed by atoms with Gasteiger partial charge in [0.1, 0.15) is 16.3 Å². The molecule has 1 aromatic heterocycles. The van der Waals surface area contributed by atoms with Crippen LogP contribution in [0.1, 0.15) is 24.8 Å². The van der Waals surface area contributed by atoms with Crippen molar-refractivity contribution >= 4 is 65.9 Å². The third-order valence-corrected chi connectivity index (χ3v) is 9.07. The van der Waals surface area contributed by atoms with Crippen molar-refractivity contribution in [2.75, 3.05) is 24.7 Å². The summed E-state index contributed by atoms with van der Waals surface area (Å²) in [7, 11) is -9.11. The number of allylic oxidation sites excluding steroid dienone is 4. The number of thioether (sulfide) groups is 1. The lowest BCUT2D eigenvalue weighted by molar-refractivity contribution is -0.669. The molecule has 1 aliphatic heterocycles. The predicted octanol–water partition coefficient (Wildman–Crippen LogP) is 5.30. The molecular weight excluding hydrogens is 635 g/mol. The molecule has 2 aromatic carbocycles. The van der Waals surface area contributed by atoms with Gasteiger partial charge < -0.3 is 4.90 Å². The topological polar surface area (TPSA) is 134 Å².